The van der Waals surface area contributed by atoms with Gasteiger partial charge in [-0.05, 0) is 55.3 Å². The van der Waals surface area contributed by atoms with Gasteiger partial charge in [0, 0.05) is 28.4 Å². The second-order valence-corrected chi connectivity index (χ2v) is 7.73. The van der Waals surface area contributed by atoms with E-state index in [0.717, 1.165) is 17.7 Å². The third-order valence-electron chi connectivity index (χ3n) is 5.28. The molecule has 0 spiro atoms. The van der Waals surface area contributed by atoms with Gasteiger partial charge in [0.05, 0.1) is 5.56 Å². The summed E-state index contributed by atoms with van der Waals surface area (Å²) in [5.41, 5.74) is 2.66. The van der Waals surface area contributed by atoms with E-state index in [9.17, 15) is 14.4 Å². The van der Waals surface area contributed by atoms with Gasteiger partial charge in [-0.3, -0.25) is 9.59 Å². The quantitative estimate of drug-likeness (QED) is 0.432. The number of esters is 1. The zero-order valence-electron chi connectivity index (χ0n) is 16.9. The lowest BCUT2D eigenvalue weighted by Gasteiger charge is -2.22. The van der Waals surface area contributed by atoms with Gasteiger partial charge in [0.2, 0.25) is 0 Å². The van der Waals surface area contributed by atoms with Crippen LogP contribution in [0, 0.1) is 0 Å². The number of carbonyl (C=O) groups is 3. The summed E-state index contributed by atoms with van der Waals surface area (Å²) in [7, 11) is 0. The molecule has 0 saturated carbocycles. The molecule has 1 heterocycles. The number of carbonyl (C=O) groups excluding carboxylic acids is 3. The highest BCUT2D eigenvalue weighted by atomic mass is 35.5. The van der Waals surface area contributed by atoms with Crippen LogP contribution < -0.4 is 4.90 Å². The first kappa shape index (κ1) is 20.8. The standard InChI is InChI=1S/C25H20ClNO4/c1-16(24(29)27-15-14-17-6-2-5-9-22(17)27)31-25(30)21-8-4-3-7-20(21)23(28)18-10-12-19(26)13-11-18/h2-13,16H,14-15H2,1H3. The highest BCUT2D eigenvalue weighted by Gasteiger charge is 2.30. The Kier molecular flexibility index (Phi) is 5.87. The third kappa shape index (κ3) is 4.23. The lowest BCUT2D eigenvalue weighted by molar-refractivity contribution is -0.126. The van der Waals surface area contributed by atoms with E-state index in [1.165, 1.54) is 6.07 Å². The Morgan fingerprint density at radius 3 is 2.29 bits per heavy atom. The normalized spacial score (nSPS) is 13.4. The minimum absolute atomic E-state index is 0.115. The van der Waals surface area contributed by atoms with E-state index in [4.69, 9.17) is 16.3 Å². The molecule has 0 bridgehead atoms. The zero-order valence-corrected chi connectivity index (χ0v) is 17.6. The van der Waals surface area contributed by atoms with Crippen LogP contribution in [0.25, 0.3) is 0 Å². The van der Waals surface area contributed by atoms with Crippen LogP contribution in [0.3, 0.4) is 0 Å². The molecule has 0 N–H and O–H groups in total. The van der Waals surface area contributed by atoms with Gasteiger partial charge in [0.15, 0.2) is 11.9 Å². The van der Waals surface area contributed by atoms with E-state index < -0.39 is 12.1 Å². The Labute approximate surface area is 185 Å². The van der Waals surface area contributed by atoms with Crippen molar-refractivity contribution in [1.82, 2.24) is 0 Å². The van der Waals surface area contributed by atoms with Gasteiger partial charge >= 0.3 is 5.97 Å². The fourth-order valence-corrected chi connectivity index (χ4v) is 3.80. The van der Waals surface area contributed by atoms with E-state index in [-0.39, 0.29) is 22.8 Å². The maximum absolute atomic E-state index is 12.9. The monoisotopic (exact) mass is 433 g/mol. The van der Waals surface area contributed by atoms with Crippen molar-refractivity contribution in [2.24, 2.45) is 0 Å². The molecule has 1 unspecified atom stereocenters. The number of nitrogens with zero attached hydrogens (tertiary/aromatic N) is 1. The Morgan fingerprint density at radius 1 is 0.903 bits per heavy atom. The van der Waals surface area contributed by atoms with E-state index in [2.05, 4.69) is 0 Å². The van der Waals surface area contributed by atoms with Crippen molar-refractivity contribution < 1.29 is 19.1 Å². The first-order valence-corrected chi connectivity index (χ1v) is 10.3. The van der Waals surface area contributed by atoms with Crippen LogP contribution in [0.1, 0.15) is 38.8 Å². The van der Waals surface area contributed by atoms with Crippen molar-refractivity contribution >= 4 is 34.9 Å². The van der Waals surface area contributed by atoms with Crippen LogP contribution >= 0.6 is 11.6 Å². The maximum Gasteiger partial charge on any atom is 0.339 e. The van der Waals surface area contributed by atoms with Crippen molar-refractivity contribution in [2.45, 2.75) is 19.4 Å². The molecule has 0 aromatic heterocycles. The molecule has 0 aliphatic carbocycles. The number of halogens is 1. The summed E-state index contributed by atoms with van der Waals surface area (Å²) in [6.07, 6.45) is -0.224. The molecule has 4 rings (SSSR count). The van der Waals surface area contributed by atoms with Crippen LogP contribution in [0.15, 0.2) is 72.8 Å². The second-order valence-electron chi connectivity index (χ2n) is 7.30. The van der Waals surface area contributed by atoms with Gasteiger partial charge in [0.1, 0.15) is 0 Å². The minimum atomic E-state index is -0.989. The fourth-order valence-electron chi connectivity index (χ4n) is 3.68. The van der Waals surface area contributed by atoms with Gasteiger partial charge < -0.3 is 9.64 Å². The smallest absolute Gasteiger partial charge is 0.339 e. The number of anilines is 1. The maximum atomic E-state index is 12.9. The van der Waals surface area contributed by atoms with Gasteiger partial charge in [-0.25, -0.2) is 4.79 Å². The van der Waals surface area contributed by atoms with Crippen molar-refractivity contribution in [1.29, 1.82) is 0 Å². The molecule has 5 nitrogen and oxygen atoms in total. The van der Waals surface area contributed by atoms with Crippen LogP contribution in [0.4, 0.5) is 5.69 Å². The summed E-state index contributed by atoms with van der Waals surface area (Å²) in [4.78, 5) is 40.3. The molecular weight excluding hydrogens is 414 g/mol. The summed E-state index contributed by atoms with van der Waals surface area (Å²) in [5, 5.41) is 0.514. The largest absolute Gasteiger partial charge is 0.449 e. The molecule has 1 aliphatic heterocycles. The van der Waals surface area contributed by atoms with Gasteiger partial charge in [-0.1, -0.05) is 48.0 Å². The number of hydrogen-bond acceptors (Lipinski definition) is 4. The van der Waals surface area contributed by atoms with Crippen LogP contribution in [0.5, 0.6) is 0 Å². The summed E-state index contributed by atoms with van der Waals surface area (Å²) in [6, 6.07) is 20.5. The van der Waals surface area contributed by atoms with Crippen molar-refractivity contribution in [3.8, 4) is 0 Å². The van der Waals surface area contributed by atoms with E-state index in [0.29, 0.717) is 17.1 Å². The highest BCUT2D eigenvalue weighted by Crippen LogP contribution is 2.28. The number of para-hydroxylation sites is 1. The molecule has 1 amide bonds. The summed E-state index contributed by atoms with van der Waals surface area (Å²) < 4.78 is 5.47. The number of ether oxygens (including phenoxy) is 1. The molecule has 31 heavy (non-hydrogen) atoms. The number of rotatable bonds is 5. The summed E-state index contributed by atoms with van der Waals surface area (Å²) in [6.45, 7) is 2.09. The minimum Gasteiger partial charge on any atom is -0.449 e. The first-order chi connectivity index (χ1) is 15.0. The lowest BCUT2D eigenvalue weighted by atomic mass is 9.98. The number of ketones is 1. The average molecular weight is 434 g/mol. The Bertz CT molecular complexity index is 1160. The third-order valence-corrected chi connectivity index (χ3v) is 5.53. The van der Waals surface area contributed by atoms with E-state index >= 15 is 0 Å². The Balaban J connectivity index is 1.52. The molecule has 0 radical (unpaired) electrons. The van der Waals surface area contributed by atoms with E-state index in [1.54, 1.807) is 54.3 Å². The molecule has 156 valence electrons. The van der Waals surface area contributed by atoms with Gasteiger partial charge in [-0.15, -0.1) is 0 Å². The molecule has 0 fully saturated rings. The molecule has 1 aliphatic rings. The van der Waals surface area contributed by atoms with E-state index in [1.807, 2.05) is 24.3 Å². The Hall–Kier alpha value is -3.44. The first-order valence-electron chi connectivity index (χ1n) is 9.95. The molecule has 3 aromatic carbocycles. The van der Waals surface area contributed by atoms with Crippen molar-refractivity contribution in [3.05, 3.63) is 100 Å². The molecule has 6 heteroatoms. The number of fused-ring (bicyclic) bond motifs is 1. The molecular formula is C25H20ClNO4. The van der Waals surface area contributed by atoms with Crippen LogP contribution in [0.2, 0.25) is 5.02 Å². The highest BCUT2D eigenvalue weighted by molar-refractivity contribution is 6.30. The second kappa shape index (κ2) is 8.74. The molecule has 1 atom stereocenters. The van der Waals surface area contributed by atoms with Gasteiger partial charge in [0.25, 0.3) is 5.91 Å². The fraction of sp³-hybridized carbons (Fsp3) is 0.160. The summed E-state index contributed by atoms with van der Waals surface area (Å²) in [5.74, 6) is -1.33. The van der Waals surface area contributed by atoms with Crippen molar-refractivity contribution in [3.63, 3.8) is 0 Å². The average Bonchev–Trinajstić information content (AvgIpc) is 3.22. The topological polar surface area (TPSA) is 63.7 Å². The SMILES string of the molecule is CC(OC(=O)c1ccccc1C(=O)c1ccc(Cl)cc1)C(=O)N1CCc2ccccc21. The predicted molar refractivity (Wildman–Crippen MR) is 119 cm³/mol. The van der Waals surface area contributed by atoms with Crippen molar-refractivity contribution in [2.75, 3.05) is 11.4 Å². The molecule has 3 aromatic rings. The Morgan fingerprint density at radius 2 is 1.55 bits per heavy atom. The van der Waals surface area contributed by atoms with Crippen LogP contribution in [-0.4, -0.2) is 30.3 Å². The zero-order chi connectivity index (χ0) is 22.0. The van der Waals surface area contributed by atoms with Gasteiger partial charge in [-0.2, -0.15) is 0 Å². The predicted octanol–water partition coefficient (Wildman–Crippen LogP) is 4.71. The number of amides is 1. The number of hydrogen-bond donors (Lipinski definition) is 0. The lowest BCUT2D eigenvalue weighted by Crippen LogP contribution is -2.39. The molecule has 0 saturated heterocycles. The summed E-state index contributed by atoms with van der Waals surface area (Å²) >= 11 is 5.90. The number of benzene rings is 3. The van der Waals surface area contributed by atoms with Crippen LogP contribution in [-0.2, 0) is 16.0 Å².